The summed E-state index contributed by atoms with van der Waals surface area (Å²) in [7, 11) is -0.936. The van der Waals surface area contributed by atoms with Gasteiger partial charge in [-0.25, -0.2) is 0 Å². The summed E-state index contributed by atoms with van der Waals surface area (Å²) in [5.41, 5.74) is 8.85. The third-order valence-electron chi connectivity index (χ3n) is 2.97. The largest absolute Gasteiger partial charge is 0.398 e. The number of amides is 1. The Bertz CT molecular complexity index is 486. The lowest BCUT2D eigenvalue weighted by Gasteiger charge is -2.12. The van der Waals surface area contributed by atoms with E-state index in [2.05, 4.69) is 5.32 Å². The van der Waals surface area contributed by atoms with E-state index < -0.39 is 10.8 Å². The zero-order chi connectivity index (χ0) is 13.9. The molecule has 0 saturated carbocycles. The molecule has 0 aliphatic carbocycles. The lowest BCUT2D eigenvalue weighted by Crippen LogP contribution is -2.33. The second-order valence-corrected chi connectivity index (χ2v) is 6.34. The van der Waals surface area contributed by atoms with E-state index >= 15 is 0 Å². The summed E-state index contributed by atoms with van der Waals surface area (Å²) < 4.78 is 11.2. The Hall–Kier alpha value is -1.36. The first kappa shape index (κ1) is 14.7. The number of hydrogen-bond donors (Lipinski definition) is 2. The molecule has 100 valence electrons. The van der Waals surface area contributed by atoms with Gasteiger partial charge in [0.05, 0.1) is 0 Å². The number of hydrogen-bond acceptors (Lipinski definition) is 3. The van der Waals surface area contributed by atoms with E-state index in [1.807, 2.05) is 26.8 Å². The van der Waals surface area contributed by atoms with Crippen LogP contribution in [0.4, 0.5) is 5.69 Å². The van der Waals surface area contributed by atoms with Crippen molar-refractivity contribution in [2.75, 3.05) is 18.5 Å². The fourth-order valence-electron chi connectivity index (χ4n) is 1.56. The van der Waals surface area contributed by atoms with E-state index in [0.29, 0.717) is 17.8 Å². The van der Waals surface area contributed by atoms with Crippen molar-refractivity contribution in [2.24, 2.45) is 0 Å². The molecule has 1 amide bonds. The Kier molecular flexibility index (Phi) is 4.90. The van der Waals surface area contributed by atoms with Crippen molar-refractivity contribution in [1.82, 2.24) is 5.32 Å². The van der Waals surface area contributed by atoms with Crippen LogP contribution in [0, 0.1) is 13.8 Å². The average molecular weight is 268 g/mol. The monoisotopic (exact) mass is 268 g/mol. The SMILES string of the molecule is Cc1cc(C)c(C(=O)NCC(C)S(C)=O)cc1N. The van der Waals surface area contributed by atoms with Gasteiger partial charge >= 0.3 is 0 Å². The Labute approximate surface area is 110 Å². The maximum absolute atomic E-state index is 12.0. The van der Waals surface area contributed by atoms with E-state index in [-0.39, 0.29) is 11.2 Å². The molecular weight excluding hydrogens is 248 g/mol. The fourth-order valence-corrected chi connectivity index (χ4v) is 1.88. The molecule has 0 aliphatic rings. The second kappa shape index (κ2) is 6.00. The first-order valence-electron chi connectivity index (χ1n) is 5.80. The molecule has 1 aromatic rings. The number of carbonyl (C=O) groups excluding carboxylic acids is 1. The molecule has 0 radical (unpaired) electrons. The summed E-state index contributed by atoms with van der Waals surface area (Å²) in [6.07, 6.45) is 1.63. The minimum absolute atomic E-state index is 0.0583. The van der Waals surface area contributed by atoms with E-state index in [0.717, 1.165) is 11.1 Å². The molecule has 1 rings (SSSR count). The molecule has 0 aliphatic heterocycles. The lowest BCUT2D eigenvalue weighted by molar-refractivity contribution is 0.0953. The predicted octanol–water partition coefficient (Wildman–Crippen LogP) is 1.38. The van der Waals surface area contributed by atoms with Crippen LogP contribution < -0.4 is 11.1 Å². The molecule has 0 fully saturated rings. The standard InChI is InChI=1S/C13H20N2O2S/c1-8-5-9(2)12(14)6-11(8)13(16)15-7-10(3)18(4)17/h5-6,10H,7,14H2,1-4H3,(H,15,16). The summed E-state index contributed by atoms with van der Waals surface area (Å²) >= 11 is 0. The Balaban J connectivity index is 2.79. The number of nitrogens with one attached hydrogen (secondary N) is 1. The van der Waals surface area contributed by atoms with E-state index in [1.165, 1.54) is 0 Å². The first-order chi connectivity index (χ1) is 8.32. The van der Waals surface area contributed by atoms with Crippen LogP contribution in [0.1, 0.15) is 28.4 Å². The van der Waals surface area contributed by atoms with Gasteiger partial charge in [-0.15, -0.1) is 0 Å². The van der Waals surface area contributed by atoms with Gasteiger partial charge < -0.3 is 11.1 Å². The third-order valence-corrected chi connectivity index (χ3v) is 4.27. The molecule has 2 unspecified atom stereocenters. The summed E-state index contributed by atoms with van der Waals surface area (Å²) in [6, 6.07) is 3.58. The Morgan fingerprint density at radius 2 is 2.00 bits per heavy atom. The topological polar surface area (TPSA) is 72.2 Å². The maximum atomic E-state index is 12.0. The molecule has 0 aromatic heterocycles. The van der Waals surface area contributed by atoms with Crippen LogP contribution >= 0.6 is 0 Å². The minimum atomic E-state index is -0.936. The van der Waals surface area contributed by atoms with Crippen molar-refractivity contribution in [1.29, 1.82) is 0 Å². The molecule has 0 bridgehead atoms. The zero-order valence-corrected chi connectivity index (χ0v) is 12.1. The number of rotatable bonds is 4. The van der Waals surface area contributed by atoms with Gasteiger partial charge in [-0.3, -0.25) is 9.00 Å². The van der Waals surface area contributed by atoms with Gasteiger partial charge in [0.1, 0.15) is 0 Å². The van der Waals surface area contributed by atoms with Crippen molar-refractivity contribution in [2.45, 2.75) is 26.0 Å². The molecule has 4 nitrogen and oxygen atoms in total. The van der Waals surface area contributed by atoms with Gasteiger partial charge in [0.25, 0.3) is 5.91 Å². The minimum Gasteiger partial charge on any atom is -0.398 e. The molecule has 5 heteroatoms. The van der Waals surface area contributed by atoms with Gasteiger partial charge in [0.2, 0.25) is 0 Å². The highest BCUT2D eigenvalue weighted by molar-refractivity contribution is 7.84. The lowest BCUT2D eigenvalue weighted by atomic mass is 10.0. The number of carbonyl (C=O) groups is 1. The van der Waals surface area contributed by atoms with E-state index in [9.17, 15) is 9.00 Å². The van der Waals surface area contributed by atoms with Crippen LogP contribution in [0.2, 0.25) is 0 Å². The number of benzene rings is 1. The van der Waals surface area contributed by atoms with Crippen LogP contribution in [-0.2, 0) is 10.8 Å². The molecule has 1 aromatic carbocycles. The predicted molar refractivity (Wildman–Crippen MR) is 76.2 cm³/mol. The van der Waals surface area contributed by atoms with Crippen molar-refractivity contribution >= 4 is 22.4 Å². The van der Waals surface area contributed by atoms with Crippen LogP contribution in [0.15, 0.2) is 12.1 Å². The molecule has 0 heterocycles. The fraction of sp³-hybridized carbons (Fsp3) is 0.462. The second-order valence-electron chi connectivity index (χ2n) is 4.54. The first-order valence-corrected chi connectivity index (χ1v) is 7.42. The van der Waals surface area contributed by atoms with Crippen LogP contribution in [0.5, 0.6) is 0 Å². The summed E-state index contributed by atoms with van der Waals surface area (Å²) in [4.78, 5) is 12.0. The highest BCUT2D eigenvalue weighted by atomic mass is 32.2. The molecular formula is C13H20N2O2S. The van der Waals surface area contributed by atoms with Gasteiger partial charge in [0, 0.05) is 40.1 Å². The Morgan fingerprint density at radius 1 is 1.39 bits per heavy atom. The zero-order valence-electron chi connectivity index (χ0n) is 11.2. The van der Waals surface area contributed by atoms with E-state index in [1.54, 1.807) is 12.3 Å². The van der Waals surface area contributed by atoms with Crippen LogP contribution in [-0.4, -0.2) is 28.2 Å². The van der Waals surface area contributed by atoms with Gasteiger partial charge in [-0.2, -0.15) is 0 Å². The van der Waals surface area contributed by atoms with Crippen LogP contribution in [0.25, 0.3) is 0 Å². The Morgan fingerprint density at radius 3 is 2.56 bits per heavy atom. The third kappa shape index (κ3) is 3.57. The van der Waals surface area contributed by atoms with Crippen molar-refractivity contribution in [3.05, 3.63) is 28.8 Å². The van der Waals surface area contributed by atoms with Crippen molar-refractivity contribution < 1.29 is 9.00 Å². The van der Waals surface area contributed by atoms with E-state index in [4.69, 9.17) is 5.73 Å². The quantitative estimate of drug-likeness (QED) is 0.810. The molecule has 0 spiro atoms. The van der Waals surface area contributed by atoms with Gasteiger partial charge in [-0.05, 0) is 38.0 Å². The van der Waals surface area contributed by atoms with Crippen molar-refractivity contribution in [3.8, 4) is 0 Å². The smallest absolute Gasteiger partial charge is 0.251 e. The highest BCUT2D eigenvalue weighted by Crippen LogP contribution is 2.17. The maximum Gasteiger partial charge on any atom is 0.251 e. The number of nitrogen functional groups attached to an aromatic ring is 1. The van der Waals surface area contributed by atoms with Gasteiger partial charge in [0.15, 0.2) is 0 Å². The summed E-state index contributed by atoms with van der Waals surface area (Å²) in [5, 5.41) is 2.72. The molecule has 18 heavy (non-hydrogen) atoms. The molecule has 0 saturated heterocycles. The molecule has 3 N–H and O–H groups in total. The number of nitrogens with two attached hydrogens (primary N) is 1. The number of aryl methyl sites for hydroxylation is 2. The summed E-state index contributed by atoms with van der Waals surface area (Å²) in [6.45, 7) is 6.02. The van der Waals surface area contributed by atoms with Crippen molar-refractivity contribution in [3.63, 3.8) is 0 Å². The summed E-state index contributed by atoms with van der Waals surface area (Å²) in [5.74, 6) is -0.170. The average Bonchev–Trinajstić information content (AvgIpc) is 2.30. The van der Waals surface area contributed by atoms with Gasteiger partial charge in [-0.1, -0.05) is 6.07 Å². The van der Waals surface area contributed by atoms with Crippen LogP contribution in [0.3, 0.4) is 0 Å². The molecule has 2 atom stereocenters. The number of anilines is 1. The normalized spacial score (nSPS) is 14.0. The highest BCUT2D eigenvalue weighted by Gasteiger charge is 2.13.